The van der Waals surface area contributed by atoms with Crippen LogP contribution in [0, 0.1) is 0 Å². The molecule has 0 N–H and O–H groups in total. The number of carbonyl (C=O) groups excluding carboxylic acids is 3. The van der Waals surface area contributed by atoms with E-state index in [4.69, 9.17) is 9.15 Å². The highest BCUT2D eigenvalue weighted by Crippen LogP contribution is 2.35. The van der Waals surface area contributed by atoms with Crippen LogP contribution < -0.4 is 4.74 Å². The van der Waals surface area contributed by atoms with Crippen molar-refractivity contribution in [2.75, 3.05) is 13.1 Å². The molecule has 1 aromatic heterocycles. The summed E-state index contributed by atoms with van der Waals surface area (Å²) in [5.41, 5.74) is 3.37. The Morgan fingerprint density at radius 2 is 1.91 bits per heavy atom. The van der Waals surface area contributed by atoms with Gasteiger partial charge >= 0.3 is 0 Å². The van der Waals surface area contributed by atoms with Crippen LogP contribution in [0.25, 0.3) is 11.0 Å². The molecule has 1 unspecified atom stereocenters. The number of ether oxygens (including phenoxy) is 1. The average Bonchev–Trinajstić information content (AvgIpc) is 3.42. The fourth-order valence-electron chi connectivity index (χ4n) is 5.06. The molecule has 0 radical (unpaired) electrons. The zero-order valence-electron chi connectivity index (χ0n) is 20.2. The van der Waals surface area contributed by atoms with Crippen LogP contribution in [0.1, 0.15) is 60.4 Å². The number of ketones is 2. The fraction of sp³-hybridized carbons (Fsp3) is 0.393. The van der Waals surface area contributed by atoms with E-state index in [1.165, 1.54) is 5.56 Å². The average molecular weight is 475 g/mol. The van der Waals surface area contributed by atoms with Gasteiger partial charge in [-0.25, -0.2) is 0 Å². The summed E-state index contributed by atoms with van der Waals surface area (Å²) < 4.78 is 12.2. The van der Waals surface area contributed by atoms with E-state index in [0.717, 1.165) is 36.2 Å². The Bertz CT molecular complexity index is 1290. The fourth-order valence-corrected chi connectivity index (χ4v) is 5.06. The Morgan fingerprint density at radius 3 is 2.69 bits per heavy atom. The van der Waals surface area contributed by atoms with E-state index in [9.17, 15) is 14.4 Å². The molecule has 0 saturated heterocycles. The van der Waals surface area contributed by atoms with Crippen LogP contribution in [-0.2, 0) is 29.3 Å². The first-order valence-corrected chi connectivity index (χ1v) is 12.3. The lowest BCUT2D eigenvalue weighted by atomic mass is 9.92. The number of carbonyl (C=O) groups is 3. The van der Waals surface area contributed by atoms with E-state index in [1.54, 1.807) is 17.0 Å². The quantitative estimate of drug-likeness (QED) is 0.447. The van der Waals surface area contributed by atoms with Crippen LogP contribution >= 0.6 is 0 Å². The van der Waals surface area contributed by atoms with Gasteiger partial charge in [-0.2, -0.15) is 0 Å². The number of amides is 1. The van der Waals surface area contributed by atoms with Crippen molar-refractivity contribution in [3.05, 3.63) is 64.9 Å². The monoisotopic (exact) mass is 474 g/mol. The van der Waals surface area contributed by atoms with Crippen LogP contribution in [-0.4, -0.2) is 46.4 Å². The second kappa shape index (κ2) is 9.66. The van der Waals surface area contributed by atoms with Gasteiger partial charge in [0.15, 0.2) is 5.78 Å². The number of benzene rings is 2. The predicted octanol–water partition coefficient (Wildman–Crippen LogP) is 4.50. The maximum Gasteiger partial charge on any atom is 0.255 e. The predicted molar refractivity (Wildman–Crippen MR) is 131 cm³/mol. The molecular formula is C28H30N2O5. The van der Waals surface area contributed by atoms with Crippen molar-refractivity contribution in [3.8, 4) is 5.75 Å². The lowest BCUT2D eigenvalue weighted by molar-refractivity contribution is -0.133. The molecule has 2 aliphatic rings. The van der Waals surface area contributed by atoms with Gasteiger partial charge in [0, 0.05) is 29.5 Å². The van der Waals surface area contributed by atoms with Gasteiger partial charge < -0.3 is 14.1 Å². The van der Waals surface area contributed by atoms with Gasteiger partial charge in [0.2, 0.25) is 0 Å². The molecule has 2 aromatic carbocycles. The van der Waals surface area contributed by atoms with E-state index >= 15 is 0 Å². The summed E-state index contributed by atoms with van der Waals surface area (Å²) in [5, 5.41) is 1.02. The molecule has 1 saturated carbocycles. The van der Waals surface area contributed by atoms with Gasteiger partial charge in [0.1, 0.15) is 29.5 Å². The van der Waals surface area contributed by atoms with Crippen molar-refractivity contribution in [1.82, 2.24) is 9.80 Å². The number of Topliss-reactive ketones (excluding diaryl/α,β-unsaturated/α-hetero) is 2. The molecule has 1 aliphatic heterocycles. The van der Waals surface area contributed by atoms with Gasteiger partial charge in [-0.1, -0.05) is 32.0 Å². The number of nitrogens with zero attached hydrogens (tertiary/aromatic N) is 2. The van der Waals surface area contributed by atoms with E-state index in [1.807, 2.05) is 12.1 Å². The summed E-state index contributed by atoms with van der Waals surface area (Å²) in [6.07, 6.45) is 0.641. The summed E-state index contributed by atoms with van der Waals surface area (Å²) >= 11 is 0. The smallest absolute Gasteiger partial charge is 0.255 e. The zero-order valence-corrected chi connectivity index (χ0v) is 20.2. The molecule has 182 valence electrons. The Kier molecular flexibility index (Phi) is 6.43. The molecule has 1 fully saturated rings. The minimum absolute atomic E-state index is 0.0505. The molecule has 1 amide bonds. The lowest BCUT2D eigenvalue weighted by Crippen LogP contribution is -2.44. The van der Waals surface area contributed by atoms with E-state index in [2.05, 4.69) is 36.9 Å². The number of hydrogen-bond acceptors (Lipinski definition) is 6. The third-order valence-corrected chi connectivity index (χ3v) is 7.07. The number of furan rings is 1. The molecule has 5 rings (SSSR count). The molecule has 0 spiro atoms. The summed E-state index contributed by atoms with van der Waals surface area (Å²) in [7, 11) is 0. The second-order valence-electron chi connectivity index (χ2n) is 9.29. The molecule has 7 heteroatoms. The van der Waals surface area contributed by atoms with Crippen molar-refractivity contribution in [1.29, 1.82) is 0 Å². The number of rotatable bonds is 8. The second-order valence-corrected chi connectivity index (χ2v) is 9.29. The first-order valence-electron chi connectivity index (χ1n) is 12.3. The summed E-state index contributed by atoms with van der Waals surface area (Å²) in [5.74, 6) is 0.917. The highest BCUT2D eigenvalue weighted by atomic mass is 16.5. The molecule has 1 atom stereocenters. The summed E-state index contributed by atoms with van der Waals surface area (Å²) in [6, 6.07) is 13.1. The van der Waals surface area contributed by atoms with Crippen LogP contribution in [0.4, 0.5) is 0 Å². The van der Waals surface area contributed by atoms with Gasteiger partial charge in [0.05, 0.1) is 19.0 Å². The highest BCUT2D eigenvalue weighted by molar-refractivity contribution is 6.07. The van der Waals surface area contributed by atoms with E-state index in [0.29, 0.717) is 36.5 Å². The van der Waals surface area contributed by atoms with Crippen LogP contribution in [0.2, 0.25) is 0 Å². The zero-order chi connectivity index (χ0) is 24.5. The molecule has 7 nitrogen and oxygen atoms in total. The Balaban J connectivity index is 1.30. The molecule has 3 aromatic rings. The normalized spacial score (nSPS) is 18.1. The molecule has 2 heterocycles. The van der Waals surface area contributed by atoms with Crippen molar-refractivity contribution in [2.45, 2.75) is 58.8 Å². The topological polar surface area (TPSA) is 80.1 Å². The first kappa shape index (κ1) is 23.3. The number of fused-ring (bicyclic) bond motifs is 2. The largest absolute Gasteiger partial charge is 0.485 e. The maximum atomic E-state index is 13.0. The van der Waals surface area contributed by atoms with Crippen molar-refractivity contribution >= 4 is 28.4 Å². The Morgan fingerprint density at radius 1 is 1.09 bits per heavy atom. The summed E-state index contributed by atoms with van der Waals surface area (Å²) in [6.45, 7) is 7.75. The minimum atomic E-state index is -0.540. The molecule has 1 aliphatic carbocycles. The molecule has 35 heavy (non-hydrogen) atoms. The highest BCUT2D eigenvalue weighted by Gasteiger charge is 2.40. The Labute approximate surface area is 204 Å². The van der Waals surface area contributed by atoms with Gasteiger partial charge in [-0.05, 0) is 49.3 Å². The standard InChI is InChI=1S/C28H30N2O5/c1-3-29(4-2)15-18-8-9-19-13-21(35-27(19)12-18)17-34-26-7-5-6-22-23(26)16-30(28(22)33)24-11-10-20(31)14-25(24)32/h5-9,12-13,24H,3-4,10-11,14-17H2,1-2H3. The Hall–Kier alpha value is -3.45. The van der Waals surface area contributed by atoms with Gasteiger partial charge in [0.25, 0.3) is 5.91 Å². The third-order valence-electron chi connectivity index (χ3n) is 7.07. The minimum Gasteiger partial charge on any atom is -0.485 e. The van der Waals surface area contributed by atoms with Crippen molar-refractivity contribution in [3.63, 3.8) is 0 Å². The molecule has 0 bridgehead atoms. The maximum absolute atomic E-state index is 13.0. The van der Waals surface area contributed by atoms with Crippen LogP contribution in [0.15, 0.2) is 46.9 Å². The van der Waals surface area contributed by atoms with Gasteiger partial charge in [-0.3, -0.25) is 19.3 Å². The van der Waals surface area contributed by atoms with Crippen LogP contribution in [0.5, 0.6) is 5.75 Å². The van der Waals surface area contributed by atoms with Crippen molar-refractivity contribution < 1.29 is 23.5 Å². The van der Waals surface area contributed by atoms with Gasteiger partial charge in [-0.15, -0.1) is 0 Å². The number of hydrogen-bond donors (Lipinski definition) is 0. The third kappa shape index (κ3) is 4.60. The van der Waals surface area contributed by atoms with E-state index < -0.39 is 6.04 Å². The summed E-state index contributed by atoms with van der Waals surface area (Å²) in [4.78, 5) is 41.0. The van der Waals surface area contributed by atoms with E-state index in [-0.39, 0.29) is 30.5 Å². The lowest BCUT2D eigenvalue weighted by Gasteiger charge is -2.29. The van der Waals surface area contributed by atoms with Crippen molar-refractivity contribution in [2.24, 2.45) is 0 Å². The van der Waals surface area contributed by atoms with Crippen LogP contribution in [0.3, 0.4) is 0 Å². The SMILES string of the molecule is CCN(CC)Cc1ccc2cc(COc3cccc4c3CN(C3CCC(=O)CC3=O)C4=O)oc2c1. The first-order chi connectivity index (χ1) is 17.0. The molecular weight excluding hydrogens is 444 g/mol.